The highest BCUT2D eigenvalue weighted by Crippen LogP contribution is 2.30. The van der Waals surface area contributed by atoms with Gasteiger partial charge in [-0.25, -0.2) is 4.79 Å². The standard InChI is InChI=1S/C15H12ClN3O3/c16-12-6-5-11(9-14(12)19(21)22)17-15(20)18-8-7-10-3-1-2-4-13(10)18/h1-6,9H,7-8H2,(H,17,20). The molecule has 0 aromatic heterocycles. The quantitative estimate of drug-likeness (QED) is 0.675. The van der Waals surface area contributed by atoms with Crippen LogP contribution in [0.25, 0.3) is 0 Å². The number of hydrogen-bond acceptors (Lipinski definition) is 3. The molecule has 1 heterocycles. The van der Waals surface area contributed by atoms with Crippen molar-refractivity contribution in [2.45, 2.75) is 6.42 Å². The Kier molecular flexibility index (Phi) is 3.68. The number of nitro benzene ring substituents is 1. The highest BCUT2D eigenvalue weighted by molar-refractivity contribution is 6.32. The fourth-order valence-corrected chi connectivity index (χ4v) is 2.66. The Labute approximate surface area is 131 Å². The van der Waals surface area contributed by atoms with E-state index < -0.39 is 4.92 Å². The fraction of sp³-hybridized carbons (Fsp3) is 0.133. The lowest BCUT2D eigenvalue weighted by Gasteiger charge is -2.18. The Bertz CT molecular complexity index is 763. The zero-order valence-electron chi connectivity index (χ0n) is 11.5. The van der Waals surface area contributed by atoms with Gasteiger partial charge in [0.2, 0.25) is 0 Å². The second-order valence-electron chi connectivity index (χ2n) is 4.88. The van der Waals surface area contributed by atoms with Crippen LogP contribution < -0.4 is 10.2 Å². The van der Waals surface area contributed by atoms with Crippen LogP contribution in [0.3, 0.4) is 0 Å². The Balaban J connectivity index is 1.81. The molecule has 0 fully saturated rings. The summed E-state index contributed by atoms with van der Waals surface area (Å²) in [6.45, 7) is 0.584. The number of carbonyl (C=O) groups excluding carboxylic acids is 1. The lowest BCUT2D eigenvalue weighted by Crippen LogP contribution is -2.33. The number of nitrogens with one attached hydrogen (secondary N) is 1. The Morgan fingerprint density at radius 1 is 1.27 bits per heavy atom. The normalized spacial score (nSPS) is 12.9. The van der Waals surface area contributed by atoms with Crippen molar-refractivity contribution in [3.05, 3.63) is 63.2 Å². The Morgan fingerprint density at radius 3 is 2.82 bits per heavy atom. The maximum absolute atomic E-state index is 12.4. The predicted octanol–water partition coefficient (Wildman–Crippen LogP) is 3.84. The monoisotopic (exact) mass is 317 g/mol. The molecule has 1 aliphatic rings. The van der Waals surface area contributed by atoms with E-state index in [2.05, 4.69) is 5.32 Å². The van der Waals surface area contributed by atoms with Gasteiger partial charge in [0, 0.05) is 24.0 Å². The number of amides is 2. The van der Waals surface area contributed by atoms with Crippen molar-refractivity contribution in [3.63, 3.8) is 0 Å². The van der Waals surface area contributed by atoms with Gasteiger partial charge in [-0.1, -0.05) is 29.8 Å². The number of urea groups is 1. The maximum Gasteiger partial charge on any atom is 0.326 e. The smallest absolute Gasteiger partial charge is 0.307 e. The molecular weight excluding hydrogens is 306 g/mol. The lowest BCUT2D eigenvalue weighted by atomic mass is 10.2. The highest BCUT2D eigenvalue weighted by Gasteiger charge is 2.24. The average molecular weight is 318 g/mol. The molecule has 1 N–H and O–H groups in total. The van der Waals surface area contributed by atoms with Gasteiger partial charge in [-0.2, -0.15) is 0 Å². The molecular formula is C15H12ClN3O3. The van der Waals surface area contributed by atoms with E-state index in [-0.39, 0.29) is 16.7 Å². The number of hydrogen-bond donors (Lipinski definition) is 1. The van der Waals surface area contributed by atoms with Gasteiger partial charge in [0.15, 0.2) is 0 Å². The SMILES string of the molecule is O=C(Nc1ccc(Cl)c([N+](=O)[O-])c1)N1CCc2ccccc21. The molecule has 0 atom stereocenters. The number of halogens is 1. The van der Waals surface area contributed by atoms with Gasteiger partial charge < -0.3 is 5.32 Å². The van der Waals surface area contributed by atoms with Crippen molar-refractivity contribution in [2.75, 3.05) is 16.8 Å². The second-order valence-corrected chi connectivity index (χ2v) is 5.29. The number of nitro groups is 1. The van der Waals surface area contributed by atoms with Crippen LogP contribution in [0.15, 0.2) is 42.5 Å². The summed E-state index contributed by atoms with van der Waals surface area (Å²) in [5.74, 6) is 0. The minimum absolute atomic E-state index is 0.0366. The van der Waals surface area contributed by atoms with Gasteiger partial charge in [0.1, 0.15) is 5.02 Å². The van der Waals surface area contributed by atoms with E-state index in [1.54, 1.807) is 4.90 Å². The molecule has 0 unspecified atom stereocenters. The average Bonchev–Trinajstić information content (AvgIpc) is 2.93. The highest BCUT2D eigenvalue weighted by atomic mass is 35.5. The third-order valence-corrected chi connectivity index (χ3v) is 3.85. The molecule has 2 amide bonds. The Hall–Kier alpha value is -2.60. The summed E-state index contributed by atoms with van der Waals surface area (Å²) in [7, 11) is 0. The molecule has 7 heteroatoms. The molecule has 2 aromatic rings. The zero-order valence-corrected chi connectivity index (χ0v) is 12.2. The molecule has 3 rings (SSSR count). The van der Waals surface area contributed by atoms with Crippen LogP contribution in [0.1, 0.15) is 5.56 Å². The van der Waals surface area contributed by atoms with Crippen molar-refractivity contribution in [1.82, 2.24) is 0 Å². The predicted molar refractivity (Wildman–Crippen MR) is 84.6 cm³/mol. The van der Waals surface area contributed by atoms with E-state index in [0.29, 0.717) is 12.2 Å². The summed E-state index contributed by atoms with van der Waals surface area (Å²) in [4.78, 5) is 24.3. The van der Waals surface area contributed by atoms with Crippen LogP contribution in [0.5, 0.6) is 0 Å². The van der Waals surface area contributed by atoms with Gasteiger partial charge in [0.25, 0.3) is 5.69 Å². The first-order chi connectivity index (χ1) is 10.6. The Morgan fingerprint density at radius 2 is 2.05 bits per heavy atom. The molecule has 0 aliphatic carbocycles. The number of carbonyl (C=O) groups is 1. The van der Waals surface area contributed by atoms with Gasteiger partial charge in [-0.05, 0) is 30.2 Å². The number of rotatable bonds is 2. The van der Waals surface area contributed by atoms with Crippen molar-refractivity contribution in [3.8, 4) is 0 Å². The largest absolute Gasteiger partial charge is 0.326 e. The van der Waals surface area contributed by atoms with Crippen LogP contribution >= 0.6 is 11.6 Å². The van der Waals surface area contributed by atoms with Crippen LogP contribution in [0.4, 0.5) is 21.9 Å². The van der Waals surface area contributed by atoms with Crippen LogP contribution in [0, 0.1) is 10.1 Å². The van der Waals surface area contributed by atoms with Gasteiger partial charge >= 0.3 is 6.03 Å². The minimum atomic E-state index is -0.580. The van der Waals surface area contributed by atoms with E-state index in [0.717, 1.165) is 17.7 Å². The number of fused-ring (bicyclic) bond motifs is 1. The summed E-state index contributed by atoms with van der Waals surface area (Å²) >= 11 is 5.76. The van der Waals surface area contributed by atoms with Crippen molar-refractivity contribution in [1.29, 1.82) is 0 Å². The third-order valence-electron chi connectivity index (χ3n) is 3.53. The minimum Gasteiger partial charge on any atom is -0.307 e. The number of nitrogens with zero attached hydrogens (tertiary/aromatic N) is 2. The summed E-state index contributed by atoms with van der Waals surface area (Å²) < 4.78 is 0. The topological polar surface area (TPSA) is 75.5 Å². The first kappa shape index (κ1) is 14.3. The van der Waals surface area contributed by atoms with Crippen molar-refractivity contribution >= 4 is 34.7 Å². The molecule has 0 spiro atoms. The third kappa shape index (κ3) is 2.60. The van der Waals surface area contributed by atoms with E-state index in [4.69, 9.17) is 11.6 Å². The van der Waals surface area contributed by atoms with E-state index in [9.17, 15) is 14.9 Å². The molecule has 1 aliphatic heterocycles. The van der Waals surface area contributed by atoms with E-state index in [1.807, 2.05) is 24.3 Å². The number of para-hydroxylation sites is 1. The number of anilines is 2. The molecule has 6 nitrogen and oxygen atoms in total. The summed E-state index contributed by atoms with van der Waals surface area (Å²) in [5.41, 5.74) is 2.08. The zero-order chi connectivity index (χ0) is 15.7. The van der Waals surface area contributed by atoms with Crippen LogP contribution in [0.2, 0.25) is 5.02 Å². The molecule has 22 heavy (non-hydrogen) atoms. The molecule has 112 valence electrons. The molecule has 0 bridgehead atoms. The maximum atomic E-state index is 12.4. The number of benzene rings is 2. The fourth-order valence-electron chi connectivity index (χ4n) is 2.47. The molecule has 0 saturated heterocycles. The van der Waals surface area contributed by atoms with Crippen LogP contribution in [-0.4, -0.2) is 17.5 Å². The van der Waals surface area contributed by atoms with Gasteiger partial charge in [-0.3, -0.25) is 15.0 Å². The summed E-state index contributed by atoms with van der Waals surface area (Å²) in [5, 5.41) is 13.6. The molecule has 0 saturated carbocycles. The lowest BCUT2D eigenvalue weighted by molar-refractivity contribution is -0.384. The van der Waals surface area contributed by atoms with E-state index in [1.165, 1.54) is 18.2 Å². The summed E-state index contributed by atoms with van der Waals surface area (Å²) in [6, 6.07) is 11.5. The van der Waals surface area contributed by atoms with Gasteiger partial charge in [-0.15, -0.1) is 0 Å². The molecule has 2 aromatic carbocycles. The van der Waals surface area contributed by atoms with Crippen LogP contribution in [-0.2, 0) is 6.42 Å². The molecule has 0 radical (unpaired) electrons. The first-order valence-electron chi connectivity index (χ1n) is 6.66. The van der Waals surface area contributed by atoms with Crippen molar-refractivity contribution in [2.24, 2.45) is 0 Å². The van der Waals surface area contributed by atoms with E-state index >= 15 is 0 Å². The second kappa shape index (κ2) is 5.65. The summed E-state index contributed by atoms with van der Waals surface area (Å²) in [6.07, 6.45) is 0.796. The first-order valence-corrected chi connectivity index (χ1v) is 7.04. The van der Waals surface area contributed by atoms with Gasteiger partial charge in [0.05, 0.1) is 4.92 Å². The van der Waals surface area contributed by atoms with Crippen molar-refractivity contribution < 1.29 is 9.72 Å².